The molecular weight excluding hydrogens is 432 g/mol. The molecule has 3 amide bonds. The quantitative estimate of drug-likeness (QED) is 0.0911. The molecule has 3 atom stereocenters. The molecule has 0 fully saturated rings. The van der Waals surface area contributed by atoms with Crippen LogP contribution in [-0.2, 0) is 19.1 Å². The van der Waals surface area contributed by atoms with Crippen LogP contribution in [0.4, 0.5) is 4.79 Å². The summed E-state index contributed by atoms with van der Waals surface area (Å²) >= 11 is 0. The maximum absolute atomic E-state index is 13.2. The average molecular weight is 473 g/mol. The van der Waals surface area contributed by atoms with Crippen molar-refractivity contribution in [1.29, 1.82) is 5.41 Å². The Morgan fingerprint density at radius 1 is 1.18 bits per heavy atom. The lowest BCUT2D eigenvalue weighted by Crippen LogP contribution is -2.62. The van der Waals surface area contributed by atoms with Crippen molar-refractivity contribution in [2.75, 3.05) is 19.8 Å². The van der Waals surface area contributed by atoms with E-state index in [-0.39, 0.29) is 18.5 Å². The molecule has 0 saturated carbocycles. The number of aliphatic hydroxyl groups is 1. The highest BCUT2D eigenvalue weighted by molar-refractivity contribution is 5.92. The second kappa shape index (κ2) is 14.3. The van der Waals surface area contributed by atoms with Crippen molar-refractivity contribution < 1.29 is 29.0 Å². The fourth-order valence-electron chi connectivity index (χ4n) is 3.02. The van der Waals surface area contributed by atoms with Gasteiger partial charge in [0.25, 0.3) is 0 Å². The number of carbonyl (C=O) groups excluding carboxylic acids is 4. The van der Waals surface area contributed by atoms with Crippen LogP contribution in [0.1, 0.15) is 54.4 Å². The number of aliphatic hydroxyl groups excluding tert-OH is 1. The molecule has 0 aromatic carbocycles. The van der Waals surface area contributed by atoms with Gasteiger partial charge < -0.3 is 41.2 Å². The Hall–Kier alpha value is -2.89. The van der Waals surface area contributed by atoms with Gasteiger partial charge in [-0.1, -0.05) is 13.8 Å². The first-order valence-electron chi connectivity index (χ1n) is 10.9. The summed E-state index contributed by atoms with van der Waals surface area (Å²) < 4.78 is 5.01. The first-order chi connectivity index (χ1) is 15.2. The van der Waals surface area contributed by atoms with E-state index in [4.69, 9.17) is 15.9 Å². The van der Waals surface area contributed by atoms with Crippen molar-refractivity contribution >= 4 is 30.2 Å². The van der Waals surface area contributed by atoms with Gasteiger partial charge in [0.05, 0.1) is 19.3 Å². The Balaban J connectivity index is 5.30. The lowest BCUT2D eigenvalue weighted by atomic mass is 10.0. The Morgan fingerprint density at radius 3 is 2.24 bits per heavy atom. The minimum atomic E-state index is -1.31. The van der Waals surface area contributed by atoms with Crippen molar-refractivity contribution in [2.45, 2.75) is 78.0 Å². The zero-order chi connectivity index (χ0) is 25.8. The molecule has 0 rings (SSSR count). The number of aldehydes is 1. The SMILES string of the molecule is CC(C)COC(=O)N[C@H](CO)C(=O)N(C(C)C(=O)NC(C=O)CCCNC(=N)N)C(C)(C)C. The largest absolute Gasteiger partial charge is 0.449 e. The van der Waals surface area contributed by atoms with E-state index in [1.807, 2.05) is 13.8 Å². The number of rotatable bonds is 13. The predicted molar refractivity (Wildman–Crippen MR) is 123 cm³/mol. The maximum Gasteiger partial charge on any atom is 0.407 e. The molecule has 7 N–H and O–H groups in total. The van der Waals surface area contributed by atoms with Gasteiger partial charge in [-0.25, -0.2) is 4.79 Å². The fourth-order valence-corrected chi connectivity index (χ4v) is 3.02. The van der Waals surface area contributed by atoms with E-state index < -0.39 is 48.2 Å². The molecule has 12 nitrogen and oxygen atoms in total. The number of hydrogen-bond acceptors (Lipinski definition) is 7. The lowest BCUT2D eigenvalue weighted by Gasteiger charge is -2.41. The molecule has 0 aliphatic heterocycles. The van der Waals surface area contributed by atoms with Crippen molar-refractivity contribution in [3.63, 3.8) is 0 Å². The number of ether oxygens (including phenoxy) is 1. The normalized spacial score (nSPS) is 13.9. The van der Waals surface area contributed by atoms with Gasteiger partial charge in [-0.2, -0.15) is 0 Å². The zero-order valence-corrected chi connectivity index (χ0v) is 20.4. The van der Waals surface area contributed by atoms with Gasteiger partial charge in [0.2, 0.25) is 11.8 Å². The maximum atomic E-state index is 13.2. The molecule has 0 bridgehead atoms. The van der Waals surface area contributed by atoms with E-state index >= 15 is 0 Å². The molecule has 0 aliphatic carbocycles. The zero-order valence-electron chi connectivity index (χ0n) is 20.4. The number of nitrogens with one attached hydrogen (secondary N) is 4. The summed E-state index contributed by atoms with van der Waals surface area (Å²) in [5.41, 5.74) is 4.36. The van der Waals surface area contributed by atoms with Gasteiger partial charge in [0.15, 0.2) is 5.96 Å². The van der Waals surface area contributed by atoms with E-state index in [1.165, 1.54) is 11.8 Å². The smallest absolute Gasteiger partial charge is 0.407 e. The molecule has 12 heteroatoms. The van der Waals surface area contributed by atoms with Crippen LogP contribution in [0.2, 0.25) is 0 Å². The second-order valence-corrected chi connectivity index (χ2v) is 9.16. The van der Waals surface area contributed by atoms with Gasteiger partial charge in [0, 0.05) is 12.1 Å². The van der Waals surface area contributed by atoms with Crippen molar-refractivity contribution in [1.82, 2.24) is 20.9 Å². The molecule has 0 aliphatic rings. The van der Waals surface area contributed by atoms with Gasteiger partial charge in [-0.15, -0.1) is 0 Å². The van der Waals surface area contributed by atoms with E-state index in [0.717, 1.165) is 0 Å². The summed E-state index contributed by atoms with van der Waals surface area (Å²) in [4.78, 5) is 50.7. The highest BCUT2D eigenvalue weighted by Crippen LogP contribution is 2.19. The Morgan fingerprint density at radius 2 is 1.79 bits per heavy atom. The number of amides is 3. The number of alkyl carbamates (subject to hydrolysis) is 1. The number of carbonyl (C=O) groups is 4. The number of guanidine groups is 1. The molecule has 0 saturated heterocycles. The van der Waals surface area contributed by atoms with Crippen LogP contribution in [0, 0.1) is 11.3 Å². The van der Waals surface area contributed by atoms with Gasteiger partial charge in [-0.3, -0.25) is 15.0 Å². The summed E-state index contributed by atoms with van der Waals surface area (Å²) in [7, 11) is 0. The monoisotopic (exact) mass is 472 g/mol. The number of nitrogens with two attached hydrogens (primary N) is 1. The molecule has 0 radical (unpaired) electrons. The topological polar surface area (TPSA) is 187 Å². The Kier molecular flexibility index (Phi) is 13.0. The average Bonchev–Trinajstić information content (AvgIpc) is 2.70. The Labute approximate surface area is 195 Å². The minimum absolute atomic E-state index is 0.0952. The van der Waals surface area contributed by atoms with Crippen LogP contribution in [-0.4, -0.2) is 83.6 Å². The third-order valence-corrected chi connectivity index (χ3v) is 4.55. The third-order valence-electron chi connectivity index (χ3n) is 4.55. The summed E-state index contributed by atoms with van der Waals surface area (Å²) in [5, 5.41) is 24.4. The van der Waals surface area contributed by atoms with Crippen molar-refractivity contribution in [3.05, 3.63) is 0 Å². The minimum Gasteiger partial charge on any atom is -0.449 e. The molecular formula is C21H40N6O6. The Bertz CT molecular complexity index is 679. The number of hydrogen-bond donors (Lipinski definition) is 6. The summed E-state index contributed by atoms with van der Waals surface area (Å²) in [6, 6.07) is -3.10. The standard InChI is InChI=1S/C21H40N6O6/c1-13(2)12-33-20(32)26-16(11-29)18(31)27(21(4,5)6)14(3)17(30)25-15(10-28)8-7-9-24-19(22)23/h10,13-16,29H,7-9,11-12H2,1-6H3,(H,25,30)(H,26,32)(H4,22,23,24)/t14?,15?,16-/m1/s1. The predicted octanol–water partition coefficient (Wildman–Crippen LogP) is -0.308. The molecule has 190 valence electrons. The summed E-state index contributed by atoms with van der Waals surface area (Å²) in [6.07, 6.45) is 0.551. The van der Waals surface area contributed by atoms with Gasteiger partial charge >= 0.3 is 6.09 Å². The highest BCUT2D eigenvalue weighted by Gasteiger charge is 2.39. The first kappa shape index (κ1) is 30.1. The van der Waals surface area contributed by atoms with Crippen LogP contribution < -0.4 is 21.7 Å². The van der Waals surface area contributed by atoms with Gasteiger partial charge in [-0.05, 0) is 46.5 Å². The van der Waals surface area contributed by atoms with Crippen LogP contribution in [0.5, 0.6) is 0 Å². The second-order valence-electron chi connectivity index (χ2n) is 9.16. The van der Waals surface area contributed by atoms with E-state index in [1.54, 1.807) is 20.8 Å². The van der Waals surface area contributed by atoms with Crippen molar-refractivity contribution in [3.8, 4) is 0 Å². The van der Waals surface area contributed by atoms with E-state index in [2.05, 4.69) is 16.0 Å². The molecule has 33 heavy (non-hydrogen) atoms. The van der Waals surface area contributed by atoms with Crippen molar-refractivity contribution in [2.24, 2.45) is 11.7 Å². The van der Waals surface area contributed by atoms with Crippen LogP contribution in [0.25, 0.3) is 0 Å². The molecule has 0 aromatic rings. The molecule has 0 aromatic heterocycles. The van der Waals surface area contributed by atoms with E-state index in [0.29, 0.717) is 25.7 Å². The first-order valence-corrected chi connectivity index (χ1v) is 10.9. The highest BCUT2D eigenvalue weighted by atomic mass is 16.5. The number of nitrogens with zero attached hydrogens (tertiary/aromatic N) is 1. The van der Waals surface area contributed by atoms with Gasteiger partial charge in [0.1, 0.15) is 18.4 Å². The lowest BCUT2D eigenvalue weighted by molar-refractivity contribution is -0.148. The third kappa shape index (κ3) is 11.5. The fraction of sp³-hybridized carbons (Fsp3) is 0.762. The molecule has 2 unspecified atom stereocenters. The molecule has 0 spiro atoms. The molecule has 0 heterocycles. The van der Waals surface area contributed by atoms with Crippen LogP contribution in [0.3, 0.4) is 0 Å². The summed E-state index contributed by atoms with van der Waals surface area (Å²) in [5.74, 6) is -1.32. The van der Waals surface area contributed by atoms with Crippen LogP contribution >= 0.6 is 0 Å². The van der Waals surface area contributed by atoms with Crippen LogP contribution in [0.15, 0.2) is 0 Å². The van der Waals surface area contributed by atoms with E-state index in [9.17, 15) is 24.3 Å². The summed E-state index contributed by atoms with van der Waals surface area (Å²) in [6.45, 7) is 10.2.